The molecule has 5 heteroatoms. The Kier molecular flexibility index (Phi) is 3.76. The number of furan rings is 1. The van der Waals surface area contributed by atoms with Gasteiger partial charge in [0.15, 0.2) is 0 Å². The van der Waals surface area contributed by atoms with Crippen LogP contribution in [0.5, 0.6) is 0 Å². The monoisotopic (exact) mass is 257 g/mol. The van der Waals surface area contributed by atoms with E-state index in [1.165, 1.54) is 0 Å². The first-order chi connectivity index (χ1) is 8.16. The normalized spacial score (nSPS) is 10.8. The molecule has 2 rings (SSSR count). The fourth-order valence-corrected chi connectivity index (χ4v) is 1.58. The highest BCUT2D eigenvalue weighted by molar-refractivity contribution is 6.30. The van der Waals surface area contributed by atoms with Crippen molar-refractivity contribution in [3.8, 4) is 0 Å². The molecule has 17 heavy (non-hydrogen) atoms. The third-order valence-corrected chi connectivity index (χ3v) is 2.57. The lowest BCUT2D eigenvalue weighted by Gasteiger charge is -2.05. The molecule has 2 nitrogen and oxygen atoms in total. The van der Waals surface area contributed by atoms with Gasteiger partial charge in [-0.15, -0.1) is 0 Å². The van der Waals surface area contributed by atoms with Crippen molar-refractivity contribution in [1.29, 1.82) is 0 Å². The van der Waals surface area contributed by atoms with Crippen LogP contribution in [0, 0.1) is 11.6 Å². The summed E-state index contributed by atoms with van der Waals surface area (Å²) in [5.74, 6) is -0.411. The molecule has 2 aromatic rings. The first kappa shape index (κ1) is 12.1. The maximum absolute atomic E-state index is 13.4. The second-order valence-electron chi connectivity index (χ2n) is 3.54. The second kappa shape index (κ2) is 5.29. The Hall–Kier alpha value is -1.39. The quantitative estimate of drug-likeness (QED) is 0.848. The van der Waals surface area contributed by atoms with Crippen LogP contribution in [-0.4, -0.2) is 0 Å². The lowest BCUT2D eigenvalue weighted by molar-refractivity contribution is 0.479. The van der Waals surface area contributed by atoms with E-state index in [0.29, 0.717) is 6.54 Å². The van der Waals surface area contributed by atoms with E-state index in [0.717, 1.165) is 17.9 Å². The first-order valence-electron chi connectivity index (χ1n) is 5.03. The van der Waals surface area contributed by atoms with Gasteiger partial charge in [0.25, 0.3) is 0 Å². The number of nitrogens with one attached hydrogen (secondary N) is 1. The Morgan fingerprint density at radius 2 is 2.00 bits per heavy atom. The highest BCUT2D eigenvalue weighted by Crippen LogP contribution is 2.19. The first-order valence-corrected chi connectivity index (χ1v) is 5.41. The zero-order valence-electron chi connectivity index (χ0n) is 8.84. The molecule has 0 bridgehead atoms. The summed E-state index contributed by atoms with van der Waals surface area (Å²) in [7, 11) is 0. The third kappa shape index (κ3) is 3.05. The van der Waals surface area contributed by atoms with Gasteiger partial charge in [-0.3, -0.25) is 0 Å². The van der Waals surface area contributed by atoms with Crippen LogP contribution in [0.4, 0.5) is 8.78 Å². The van der Waals surface area contributed by atoms with E-state index < -0.39 is 11.6 Å². The number of rotatable bonds is 4. The van der Waals surface area contributed by atoms with Crippen molar-refractivity contribution in [2.45, 2.75) is 13.1 Å². The van der Waals surface area contributed by atoms with Crippen molar-refractivity contribution in [2.75, 3.05) is 0 Å². The van der Waals surface area contributed by atoms with Crippen molar-refractivity contribution in [3.63, 3.8) is 0 Å². The van der Waals surface area contributed by atoms with E-state index in [1.54, 1.807) is 18.4 Å². The van der Waals surface area contributed by atoms with Crippen LogP contribution in [0.1, 0.15) is 11.3 Å². The van der Waals surface area contributed by atoms with Gasteiger partial charge in [-0.2, -0.15) is 0 Å². The van der Waals surface area contributed by atoms with Gasteiger partial charge in [-0.05, 0) is 24.3 Å². The van der Waals surface area contributed by atoms with Gasteiger partial charge in [0.1, 0.15) is 17.4 Å². The van der Waals surface area contributed by atoms with Crippen LogP contribution in [0.15, 0.2) is 34.9 Å². The fourth-order valence-electron chi connectivity index (χ4n) is 1.43. The minimum atomic E-state index is -0.622. The summed E-state index contributed by atoms with van der Waals surface area (Å²) in [5.41, 5.74) is 0.235. The molecule has 0 aliphatic carbocycles. The number of hydrogen-bond donors (Lipinski definition) is 1. The van der Waals surface area contributed by atoms with Crippen molar-refractivity contribution in [3.05, 3.63) is 58.5 Å². The van der Waals surface area contributed by atoms with E-state index in [2.05, 4.69) is 5.32 Å². The maximum atomic E-state index is 13.4. The van der Waals surface area contributed by atoms with Crippen LogP contribution in [0.2, 0.25) is 5.02 Å². The lowest BCUT2D eigenvalue weighted by Crippen LogP contribution is -2.13. The summed E-state index contributed by atoms with van der Waals surface area (Å²) in [5, 5.41) is 2.74. The molecular weight excluding hydrogens is 248 g/mol. The Balaban J connectivity index is 1.97. The molecule has 1 heterocycles. The Morgan fingerprint density at radius 3 is 2.71 bits per heavy atom. The second-order valence-corrected chi connectivity index (χ2v) is 3.95. The van der Waals surface area contributed by atoms with Gasteiger partial charge >= 0.3 is 0 Å². The predicted octanol–water partition coefficient (Wildman–Crippen LogP) is 3.50. The summed E-state index contributed by atoms with van der Waals surface area (Å²) < 4.78 is 31.6. The summed E-state index contributed by atoms with van der Waals surface area (Å²) in [6, 6.07) is 5.62. The molecule has 0 radical (unpaired) electrons. The van der Waals surface area contributed by atoms with Gasteiger partial charge in [-0.25, -0.2) is 8.78 Å². The Bertz CT molecular complexity index is 499. The lowest BCUT2D eigenvalue weighted by atomic mass is 10.2. The largest absolute Gasteiger partial charge is 0.468 e. The molecule has 0 aliphatic heterocycles. The van der Waals surface area contributed by atoms with Gasteiger partial charge in [0.2, 0.25) is 0 Å². The van der Waals surface area contributed by atoms with Gasteiger partial charge in [0.05, 0.1) is 17.8 Å². The van der Waals surface area contributed by atoms with Gasteiger partial charge in [0, 0.05) is 12.1 Å². The van der Waals surface area contributed by atoms with Crippen LogP contribution in [-0.2, 0) is 13.1 Å². The van der Waals surface area contributed by atoms with Gasteiger partial charge < -0.3 is 9.73 Å². The van der Waals surface area contributed by atoms with Crippen LogP contribution < -0.4 is 5.32 Å². The third-order valence-electron chi connectivity index (χ3n) is 2.28. The molecular formula is C12H10ClF2NO. The minimum Gasteiger partial charge on any atom is -0.468 e. The topological polar surface area (TPSA) is 25.2 Å². The van der Waals surface area contributed by atoms with Crippen LogP contribution in [0.3, 0.4) is 0 Å². The Morgan fingerprint density at radius 1 is 1.18 bits per heavy atom. The minimum absolute atomic E-state index is 0.209. The molecule has 1 aromatic heterocycles. The van der Waals surface area contributed by atoms with Crippen LogP contribution >= 0.6 is 11.6 Å². The average molecular weight is 258 g/mol. The SMILES string of the molecule is Fc1cc(CNCc2ccco2)c(F)cc1Cl. The molecule has 0 fully saturated rings. The van der Waals surface area contributed by atoms with Crippen molar-refractivity contribution in [2.24, 2.45) is 0 Å². The summed E-state index contributed by atoms with van der Waals surface area (Å²) >= 11 is 5.45. The van der Waals surface area contributed by atoms with Crippen molar-refractivity contribution >= 4 is 11.6 Å². The van der Waals surface area contributed by atoms with Crippen LogP contribution in [0.25, 0.3) is 0 Å². The molecule has 1 N–H and O–H groups in total. The molecule has 1 aromatic carbocycles. The molecule has 0 unspecified atom stereocenters. The molecule has 0 atom stereocenters. The molecule has 90 valence electrons. The molecule has 0 amide bonds. The molecule has 0 saturated heterocycles. The predicted molar refractivity (Wildman–Crippen MR) is 60.6 cm³/mol. The standard InChI is InChI=1S/C12H10ClF2NO/c13-10-5-11(14)8(4-12(10)15)6-16-7-9-2-1-3-17-9/h1-5,16H,6-7H2. The molecule has 0 spiro atoms. The van der Waals surface area contributed by atoms with E-state index >= 15 is 0 Å². The summed E-state index contributed by atoms with van der Waals surface area (Å²) in [4.78, 5) is 0. The van der Waals surface area contributed by atoms with E-state index in [-0.39, 0.29) is 17.1 Å². The van der Waals surface area contributed by atoms with E-state index in [9.17, 15) is 8.78 Å². The Labute approximate surface area is 102 Å². The summed E-state index contributed by atoms with van der Waals surface area (Å²) in [6.45, 7) is 0.664. The van der Waals surface area contributed by atoms with E-state index in [1.807, 2.05) is 0 Å². The fraction of sp³-hybridized carbons (Fsp3) is 0.167. The number of benzene rings is 1. The highest BCUT2D eigenvalue weighted by atomic mass is 35.5. The highest BCUT2D eigenvalue weighted by Gasteiger charge is 2.08. The number of hydrogen-bond acceptors (Lipinski definition) is 2. The maximum Gasteiger partial charge on any atom is 0.142 e. The smallest absolute Gasteiger partial charge is 0.142 e. The van der Waals surface area contributed by atoms with Crippen molar-refractivity contribution < 1.29 is 13.2 Å². The zero-order chi connectivity index (χ0) is 12.3. The average Bonchev–Trinajstić information content (AvgIpc) is 2.78. The summed E-state index contributed by atoms with van der Waals surface area (Å²) in [6.07, 6.45) is 1.56. The van der Waals surface area contributed by atoms with Gasteiger partial charge in [-0.1, -0.05) is 11.6 Å². The molecule has 0 aliphatic rings. The number of halogens is 3. The molecule has 0 saturated carbocycles. The zero-order valence-corrected chi connectivity index (χ0v) is 9.60. The van der Waals surface area contributed by atoms with E-state index in [4.69, 9.17) is 16.0 Å². The van der Waals surface area contributed by atoms with Crippen molar-refractivity contribution in [1.82, 2.24) is 5.32 Å².